The number of nitrogens with zero attached hydrogens (tertiary/aromatic N) is 1. The van der Waals surface area contributed by atoms with Crippen LogP contribution in [0.4, 0.5) is 15.9 Å². The van der Waals surface area contributed by atoms with Crippen molar-refractivity contribution in [2.75, 3.05) is 30.7 Å². The molecule has 1 aliphatic heterocycles. The summed E-state index contributed by atoms with van der Waals surface area (Å²) < 4.78 is 15.1. The molecule has 1 aliphatic carbocycles. The van der Waals surface area contributed by atoms with Crippen molar-refractivity contribution in [3.05, 3.63) is 40.3 Å². The number of benzene rings is 1. The Morgan fingerprint density at radius 3 is 2.88 bits per heavy atom. The number of aliphatic hydroxyl groups excluding tert-OH is 1. The van der Waals surface area contributed by atoms with Crippen molar-refractivity contribution in [3.8, 4) is 11.1 Å². The summed E-state index contributed by atoms with van der Waals surface area (Å²) in [5, 5.41) is 15.0. The maximum Gasteiger partial charge on any atom is 0.256 e. The minimum Gasteiger partial charge on any atom is -0.398 e. The summed E-state index contributed by atoms with van der Waals surface area (Å²) in [5.41, 5.74) is 7.11. The molecular weight excluding hydrogens is 359 g/mol. The molecule has 6 nitrogen and oxygen atoms in total. The van der Waals surface area contributed by atoms with Gasteiger partial charge in [-0.05, 0) is 25.0 Å². The SMILES string of the molecule is Nc1ccc(-c2cnc3c(c2Cl)C2(CC2)CN3)c(F)c1C(=O)NCCO. The maximum atomic E-state index is 15.1. The van der Waals surface area contributed by atoms with Gasteiger partial charge in [-0.1, -0.05) is 11.6 Å². The van der Waals surface area contributed by atoms with E-state index in [1.165, 1.54) is 18.3 Å². The van der Waals surface area contributed by atoms with Crippen LogP contribution in [-0.2, 0) is 5.41 Å². The number of aromatic nitrogens is 1. The molecule has 1 amide bonds. The number of aliphatic hydroxyl groups is 1. The molecule has 0 bridgehead atoms. The van der Waals surface area contributed by atoms with E-state index < -0.39 is 11.7 Å². The van der Waals surface area contributed by atoms with Crippen molar-refractivity contribution in [2.45, 2.75) is 18.3 Å². The topological polar surface area (TPSA) is 100 Å². The van der Waals surface area contributed by atoms with Gasteiger partial charge < -0.3 is 21.5 Å². The monoisotopic (exact) mass is 376 g/mol. The Labute approximate surface area is 154 Å². The lowest BCUT2D eigenvalue weighted by Crippen LogP contribution is -2.28. The Bertz CT molecular complexity index is 915. The number of hydrogen-bond acceptors (Lipinski definition) is 5. The van der Waals surface area contributed by atoms with Gasteiger partial charge in [0.05, 0.1) is 17.2 Å². The summed E-state index contributed by atoms with van der Waals surface area (Å²) in [7, 11) is 0. The lowest BCUT2D eigenvalue weighted by atomic mass is 9.95. The fourth-order valence-electron chi connectivity index (χ4n) is 3.50. The predicted octanol–water partition coefficient (Wildman–Crippen LogP) is 2.30. The quantitative estimate of drug-likeness (QED) is 0.613. The second kappa shape index (κ2) is 6.10. The third kappa shape index (κ3) is 2.50. The van der Waals surface area contributed by atoms with Gasteiger partial charge in [0.15, 0.2) is 0 Å². The fraction of sp³-hybridized carbons (Fsp3) is 0.333. The second-order valence-electron chi connectivity index (χ2n) is 6.71. The first kappa shape index (κ1) is 17.1. The zero-order chi connectivity index (χ0) is 18.5. The van der Waals surface area contributed by atoms with Gasteiger partial charge in [-0.2, -0.15) is 0 Å². The number of carbonyl (C=O) groups is 1. The molecule has 1 spiro atoms. The van der Waals surface area contributed by atoms with Crippen LogP contribution >= 0.6 is 11.6 Å². The Kier molecular flexibility index (Phi) is 4.00. The normalized spacial score (nSPS) is 16.3. The van der Waals surface area contributed by atoms with E-state index in [2.05, 4.69) is 15.6 Å². The predicted molar refractivity (Wildman–Crippen MR) is 97.9 cm³/mol. The molecule has 2 heterocycles. The molecule has 1 aromatic carbocycles. The number of hydrogen-bond donors (Lipinski definition) is 4. The highest BCUT2D eigenvalue weighted by Crippen LogP contribution is 2.57. The van der Waals surface area contributed by atoms with Gasteiger partial charge in [-0.15, -0.1) is 0 Å². The van der Waals surface area contributed by atoms with E-state index in [0.29, 0.717) is 10.6 Å². The van der Waals surface area contributed by atoms with E-state index in [0.717, 1.165) is 30.8 Å². The largest absolute Gasteiger partial charge is 0.398 e. The number of anilines is 2. The number of fused-ring (bicyclic) bond motifs is 2. The fourth-order valence-corrected chi connectivity index (χ4v) is 3.94. The number of rotatable bonds is 4. The van der Waals surface area contributed by atoms with Crippen LogP contribution in [0, 0.1) is 5.82 Å². The van der Waals surface area contributed by atoms with E-state index in [1.807, 2.05) is 0 Å². The van der Waals surface area contributed by atoms with Gasteiger partial charge >= 0.3 is 0 Å². The number of nitrogen functional groups attached to an aromatic ring is 1. The van der Waals surface area contributed by atoms with Gasteiger partial charge in [-0.25, -0.2) is 9.37 Å². The molecule has 8 heteroatoms. The number of nitrogens with one attached hydrogen (secondary N) is 2. The van der Waals surface area contributed by atoms with E-state index >= 15 is 4.39 Å². The third-order valence-electron chi connectivity index (χ3n) is 5.08. The Balaban J connectivity index is 1.82. The van der Waals surface area contributed by atoms with Crippen molar-refractivity contribution in [3.63, 3.8) is 0 Å². The number of nitrogens with two attached hydrogens (primary N) is 1. The Morgan fingerprint density at radius 2 is 2.19 bits per heavy atom. The molecule has 5 N–H and O–H groups in total. The lowest BCUT2D eigenvalue weighted by molar-refractivity contribution is 0.0942. The van der Waals surface area contributed by atoms with E-state index in [1.54, 1.807) is 0 Å². The molecule has 1 aromatic heterocycles. The first-order valence-corrected chi connectivity index (χ1v) is 8.76. The van der Waals surface area contributed by atoms with Crippen molar-refractivity contribution in [2.24, 2.45) is 0 Å². The number of pyridine rings is 1. The minimum atomic E-state index is -0.750. The van der Waals surface area contributed by atoms with Crippen LogP contribution in [0.1, 0.15) is 28.8 Å². The molecule has 136 valence electrons. The zero-order valence-corrected chi connectivity index (χ0v) is 14.7. The van der Waals surface area contributed by atoms with Crippen LogP contribution in [0.2, 0.25) is 5.02 Å². The van der Waals surface area contributed by atoms with Crippen LogP contribution in [0.3, 0.4) is 0 Å². The Hall–Kier alpha value is -2.38. The molecule has 2 aromatic rings. The van der Waals surface area contributed by atoms with Gasteiger partial charge in [0.1, 0.15) is 11.6 Å². The molecule has 1 fully saturated rings. The summed E-state index contributed by atoms with van der Waals surface area (Å²) in [6, 6.07) is 2.98. The van der Waals surface area contributed by atoms with Gasteiger partial charge in [0, 0.05) is 47.1 Å². The maximum absolute atomic E-state index is 15.1. The van der Waals surface area contributed by atoms with Crippen LogP contribution in [0.25, 0.3) is 11.1 Å². The molecule has 1 saturated carbocycles. The van der Waals surface area contributed by atoms with Gasteiger partial charge in [0.25, 0.3) is 5.91 Å². The van der Waals surface area contributed by atoms with Gasteiger partial charge in [0.2, 0.25) is 0 Å². The molecule has 2 aliphatic rings. The average Bonchev–Trinajstić information content (AvgIpc) is 3.29. The van der Waals surface area contributed by atoms with Crippen LogP contribution in [-0.4, -0.2) is 35.7 Å². The van der Waals surface area contributed by atoms with Crippen LogP contribution in [0.5, 0.6) is 0 Å². The highest BCUT2D eigenvalue weighted by Gasteiger charge is 2.51. The lowest BCUT2D eigenvalue weighted by Gasteiger charge is -2.15. The van der Waals surface area contributed by atoms with Crippen LogP contribution < -0.4 is 16.4 Å². The van der Waals surface area contributed by atoms with E-state index in [4.69, 9.17) is 22.4 Å². The smallest absolute Gasteiger partial charge is 0.256 e. The van der Waals surface area contributed by atoms with Crippen LogP contribution in [0.15, 0.2) is 18.3 Å². The van der Waals surface area contributed by atoms with Crippen molar-refractivity contribution in [1.82, 2.24) is 10.3 Å². The molecule has 26 heavy (non-hydrogen) atoms. The molecular formula is C18H18ClFN4O2. The van der Waals surface area contributed by atoms with Crippen molar-refractivity contribution >= 4 is 29.0 Å². The molecule has 0 unspecified atom stereocenters. The molecule has 0 saturated heterocycles. The summed E-state index contributed by atoms with van der Waals surface area (Å²) in [4.78, 5) is 16.6. The van der Waals surface area contributed by atoms with E-state index in [9.17, 15) is 4.79 Å². The average molecular weight is 377 g/mol. The molecule has 0 atom stereocenters. The van der Waals surface area contributed by atoms with E-state index in [-0.39, 0.29) is 35.4 Å². The summed E-state index contributed by atoms with van der Waals surface area (Å²) in [6.45, 7) is 0.553. The van der Waals surface area contributed by atoms with Crippen molar-refractivity contribution < 1.29 is 14.3 Å². The summed E-state index contributed by atoms with van der Waals surface area (Å²) in [5.74, 6) is -0.686. The summed E-state index contributed by atoms with van der Waals surface area (Å²) in [6.07, 6.45) is 3.56. The minimum absolute atomic E-state index is 0.00103. The highest BCUT2D eigenvalue weighted by atomic mass is 35.5. The van der Waals surface area contributed by atoms with Gasteiger partial charge in [-0.3, -0.25) is 4.79 Å². The zero-order valence-electron chi connectivity index (χ0n) is 13.9. The van der Waals surface area contributed by atoms with Crippen molar-refractivity contribution in [1.29, 1.82) is 0 Å². The summed E-state index contributed by atoms with van der Waals surface area (Å²) >= 11 is 6.63. The Morgan fingerprint density at radius 1 is 1.42 bits per heavy atom. The standard InChI is InChI=1S/C18H18ClFN4O2/c19-14-10(7-23-16-13(14)18(3-4-18)8-24-16)9-1-2-11(21)12(15(9)20)17(26)22-5-6-25/h1-2,7,25H,3-6,8,21H2,(H,22,26)(H,23,24). The number of halogens is 2. The molecule has 0 radical (unpaired) electrons. The highest BCUT2D eigenvalue weighted by molar-refractivity contribution is 6.34. The molecule has 4 rings (SSSR count). The second-order valence-corrected chi connectivity index (χ2v) is 7.09. The third-order valence-corrected chi connectivity index (χ3v) is 5.47. The number of carbonyl (C=O) groups excluding carboxylic acids is 1. The first-order valence-electron chi connectivity index (χ1n) is 8.39. The first-order chi connectivity index (χ1) is 12.5. The number of amides is 1.